The van der Waals surface area contributed by atoms with Gasteiger partial charge in [-0.2, -0.15) is 0 Å². The normalized spacial score (nSPS) is 17.2. The van der Waals surface area contributed by atoms with Crippen LogP contribution in [0, 0.1) is 6.92 Å². The van der Waals surface area contributed by atoms with Crippen molar-refractivity contribution in [3.63, 3.8) is 0 Å². The van der Waals surface area contributed by atoms with E-state index in [9.17, 15) is 19.8 Å². The summed E-state index contributed by atoms with van der Waals surface area (Å²) in [4.78, 5) is 26.8. The number of carbonyl (C=O) groups is 2. The highest BCUT2D eigenvalue weighted by Gasteiger charge is 2.44. The van der Waals surface area contributed by atoms with E-state index >= 15 is 0 Å². The van der Waals surface area contributed by atoms with Gasteiger partial charge in [-0.3, -0.25) is 9.59 Å². The molecule has 136 valence electrons. The Labute approximate surface area is 150 Å². The number of ether oxygens (including phenoxy) is 1. The Bertz CT molecular complexity index is 864. The summed E-state index contributed by atoms with van der Waals surface area (Å²) in [7, 11) is 1.50. The predicted octanol–water partition coefficient (Wildman–Crippen LogP) is 2.52. The highest BCUT2D eigenvalue weighted by Crippen LogP contribution is 2.39. The van der Waals surface area contributed by atoms with Gasteiger partial charge in [0.15, 0.2) is 11.5 Å². The lowest BCUT2D eigenvalue weighted by Gasteiger charge is -2.26. The van der Waals surface area contributed by atoms with Crippen LogP contribution in [0.4, 0.5) is 0 Å². The summed E-state index contributed by atoms with van der Waals surface area (Å²) in [6.07, 6.45) is 0. The molecule has 0 fully saturated rings. The third kappa shape index (κ3) is 3.09. The van der Waals surface area contributed by atoms with E-state index in [-0.39, 0.29) is 30.2 Å². The molecule has 26 heavy (non-hydrogen) atoms. The third-order valence-electron chi connectivity index (χ3n) is 4.26. The zero-order chi connectivity index (χ0) is 18.8. The molecule has 0 bridgehead atoms. The number of hydrogen-bond acceptors (Lipinski definition) is 6. The van der Waals surface area contributed by atoms with Crippen molar-refractivity contribution < 1.29 is 29.0 Å². The molecule has 0 unspecified atom stereocenters. The van der Waals surface area contributed by atoms with Gasteiger partial charge in [-0.15, -0.1) is 0 Å². The molecule has 1 amide bonds. The van der Waals surface area contributed by atoms with Gasteiger partial charge in [0.2, 0.25) is 5.78 Å². The Morgan fingerprint density at radius 3 is 2.46 bits per heavy atom. The number of phenols is 1. The summed E-state index contributed by atoms with van der Waals surface area (Å²) in [6.45, 7) is 2.14. The topological polar surface area (TPSA) is 100 Å². The smallest absolute Gasteiger partial charge is 0.290 e. The van der Waals surface area contributed by atoms with Crippen LogP contribution in [0.2, 0.25) is 0 Å². The number of aliphatic hydroxyl groups excluding tert-OH is 1. The molecule has 7 nitrogen and oxygen atoms in total. The van der Waals surface area contributed by atoms with Crippen LogP contribution in [0.5, 0.6) is 5.75 Å². The number of hydrogen-bond donors (Lipinski definition) is 2. The number of furan rings is 1. The zero-order valence-electron chi connectivity index (χ0n) is 14.4. The summed E-state index contributed by atoms with van der Waals surface area (Å²) in [5.41, 5.74) is 0.536. The van der Waals surface area contributed by atoms with E-state index in [1.54, 1.807) is 25.1 Å². The van der Waals surface area contributed by atoms with Crippen molar-refractivity contribution in [2.45, 2.75) is 13.0 Å². The first-order valence-electron chi connectivity index (χ1n) is 8.07. The predicted molar refractivity (Wildman–Crippen MR) is 91.9 cm³/mol. The second-order valence-corrected chi connectivity index (χ2v) is 5.99. The molecule has 0 radical (unpaired) electrons. The Kier molecular flexibility index (Phi) is 4.81. The molecule has 0 aliphatic carbocycles. The molecule has 1 atom stereocenters. The number of amides is 1. The standard InChI is InChI=1S/C19H19NO6/c1-11-3-8-14(26-11)17(22)15-16(12-4-6-13(21)7-5-12)20(9-10-25-2)19(24)18(15)23/h3-8,16,21,23H,9-10H2,1-2H3/t16-/m0/s1. The van der Waals surface area contributed by atoms with Gasteiger partial charge in [-0.25, -0.2) is 0 Å². The van der Waals surface area contributed by atoms with Crippen LogP contribution < -0.4 is 0 Å². The average molecular weight is 357 g/mol. The minimum atomic E-state index is -0.795. The van der Waals surface area contributed by atoms with Gasteiger partial charge >= 0.3 is 0 Å². The van der Waals surface area contributed by atoms with Crippen molar-refractivity contribution in [3.8, 4) is 5.75 Å². The summed E-state index contributed by atoms with van der Waals surface area (Å²) in [5, 5.41) is 19.9. The summed E-state index contributed by atoms with van der Waals surface area (Å²) >= 11 is 0. The number of aliphatic hydroxyl groups is 1. The molecule has 0 saturated heterocycles. The van der Waals surface area contributed by atoms with Crippen molar-refractivity contribution in [1.82, 2.24) is 4.90 Å². The van der Waals surface area contributed by atoms with Gasteiger partial charge in [0.05, 0.1) is 18.2 Å². The molecule has 2 aromatic rings. The van der Waals surface area contributed by atoms with E-state index in [0.717, 1.165) is 0 Å². The van der Waals surface area contributed by atoms with Crippen molar-refractivity contribution >= 4 is 11.7 Å². The number of benzene rings is 1. The van der Waals surface area contributed by atoms with Crippen LogP contribution in [-0.4, -0.2) is 47.1 Å². The molecule has 1 aliphatic rings. The Hall–Kier alpha value is -3.06. The molecule has 7 heteroatoms. The van der Waals surface area contributed by atoms with Crippen LogP contribution in [0.1, 0.15) is 27.9 Å². The number of rotatable bonds is 6. The molecule has 0 saturated carbocycles. The Balaban J connectivity index is 2.07. The second kappa shape index (κ2) is 7.05. The van der Waals surface area contributed by atoms with Crippen LogP contribution in [0.25, 0.3) is 0 Å². The maximum Gasteiger partial charge on any atom is 0.290 e. The minimum absolute atomic E-state index is 0.0499. The summed E-state index contributed by atoms with van der Waals surface area (Å²) < 4.78 is 10.4. The molecule has 1 aliphatic heterocycles. The number of aromatic hydroxyl groups is 1. The SMILES string of the molecule is COCCN1C(=O)C(O)=C(C(=O)c2ccc(C)o2)[C@@H]1c1ccc(O)cc1. The quantitative estimate of drug-likeness (QED) is 0.771. The fourth-order valence-electron chi connectivity index (χ4n) is 3.00. The van der Waals surface area contributed by atoms with E-state index in [2.05, 4.69) is 0 Å². The van der Waals surface area contributed by atoms with Crippen LogP contribution in [0.3, 0.4) is 0 Å². The van der Waals surface area contributed by atoms with Gasteiger partial charge < -0.3 is 24.3 Å². The molecule has 1 aromatic carbocycles. The molecule has 1 aromatic heterocycles. The van der Waals surface area contributed by atoms with Gasteiger partial charge in [0.25, 0.3) is 5.91 Å². The number of methoxy groups -OCH3 is 1. The van der Waals surface area contributed by atoms with Crippen molar-refractivity contribution in [1.29, 1.82) is 0 Å². The molecular formula is C19H19NO6. The minimum Gasteiger partial charge on any atom is -0.508 e. The van der Waals surface area contributed by atoms with Crippen LogP contribution >= 0.6 is 0 Å². The number of phenolic OH excluding ortho intramolecular Hbond substituents is 1. The number of Topliss-reactive ketones (excluding diaryl/α,β-unsaturated/α-hetero) is 1. The lowest BCUT2D eigenvalue weighted by atomic mass is 9.95. The first-order chi connectivity index (χ1) is 12.4. The van der Waals surface area contributed by atoms with E-state index in [4.69, 9.17) is 9.15 Å². The monoisotopic (exact) mass is 357 g/mol. The second-order valence-electron chi connectivity index (χ2n) is 5.99. The van der Waals surface area contributed by atoms with E-state index in [1.165, 1.54) is 30.2 Å². The lowest BCUT2D eigenvalue weighted by molar-refractivity contribution is -0.130. The number of aryl methyl sites for hydroxylation is 1. The largest absolute Gasteiger partial charge is 0.508 e. The van der Waals surface area contributed by atoms with Crippen LogP contribution in [0.15, 0.2) is 52.1 Å². The van der Waals surface area contributed by atoms with Crippen molar-refractivity contribution in [2.24, 2.45) is 0 Å². The van der Waals surface area contributed by atoms with Gasteiger partial charge in [-0.05, 0) is 36.8 Å². The van der Waals surface area contributed by atoms with Crippen molar-refractivity contribution in [3.05, 3.63) is 64.8 Å². The van der Waals surface area contributed by atoms with Gasteiger partial charge in [0, 0.05) is 13.7 Å². The summed E-state index contributed by atoms with van der Waals surface area (Å²) in [6, 6.07) is 8.48. The molecule has 2 N–H and O–H groups in total. The Morgan fingerprint density at radius 1 is 1.19 bits per heavy atom. The number of carbonyl (C=O) groups excluding carboxylic acids is 2. The highest BCUT2D eigenvalue weighted by molar-refractivity contribution is 6.15. The molecule has 2 heterocycles. The lowest BCUT2D eigenvalue weighted by Crippen LogP contribution is -2.33. The van der Waals surface area contributed by atoms with E-state index < -0.39 is 23.5 Å². The van der Waals surface area contributed by atoms with E-state index in [0.29, 0.717) is 11.3 Å². The van der Waals surface area contributed by atoms with Crippen molar-refractivity contribution in [2.75, 3.05) is 20.3 Å². The fraction of sp³-hybridized carbons (Fsp3) is 0.263. The first kappa shape index (κ1) is 17.8. The number of ketones is 1. The summed E-state index contributed by atoms with van der Waals surface area (Å²) in [5.74, 6) is -1.14. The van der Waals surface area contributed by atoms with E-state index in [1.807, 2.05) is 0 Å². The zero-order valence-corrected chi connectivity index (χ0v) is 14.4. The fourth-order valence-corrected chi connectivity index (χ4v) is 3.00. The maximum absolute atomic E-state index is 12.9. The highest BCUT2D eigenvalue weighted by atomic mass is 16.5. The maximum atomic E-state index is 12.9. The van der Waals surface area contributed by atoms with Crippen LogP contribution in [-0.2, 0) is 9.53 Å². The average Bonchev–Trinajstić information content (AvgIpc) is 3.16. The molecule has 3 rings (SSSR count). The molecule has 0 spiro atoms. The van der Waals surface area contributed by atoms with Gasteiger partial charge in [-0.1, -0.05) is 12.1 Å². The van der Waals surface area contributed by atoms with Gasteiger partial charge in [0.1, 0.15) is 11.5 Å². The molecular weight excluding hydrogens is 338 g/mol. The Morgan fingerprint density at radius 2 is 1.88 bits per heavy atom. The first-order valence-corrected chi connectivity index (χ1v) is 8.07. The number of nitrogens with zero attached hydrogens (tertiary/aromatic N) is 1. The third-order valence-corrected chi connectivity index (χ3v) is 4.26.